The summed E-state index contributed by atoms with van der Waals surface area (Å²) in [4.78, 5) is 5.82. The van der Waals surface area contributed by atoms with Crippen LogP contribution in [0.1, 0.15) is 24.6 Å². The van der Waals surface area contributed by atoms with Gasteiger partial charge >= 0.3 is 0 Å². The van der Waals surface area contributed by atoms with Gasteiger partial charge in [-0.1, -0.05) is 6.07 Å². The van der Waals surface area contributed by atoms with E-state index >= 15 is 0 Å². The third kappa shape index (κ3) is 3.28. The minimum atomic E-state index is 0.136. The molecule has 1 aliphatic rings. The molecule has 0 amide bonds. The highest BCUT2D eigenvalue weighted by Gasteiger charge is 2.26. The Morgan fingerprint density at radius 3 is 2.75 bits per heavy atom. The van der Waals surface area contributed by atoms with Crippen molar-refractivity contribution in [1.82, 2.24) is 20.0 Å². The fourth-order valence-electron chi connectivity index (χ4n) is 2.99. The van der Waals surface area contributed by atoms with Crippen LogP contribution >= 0.6 is 11.3 Å². The number of aromatic nitrogens is 2. The summed E-state index contributed by atoms with van der Waals surface area (Å²) < 4.78 is 11.3. The van der Waals surface area contributed by atoms with Gasteiger partial charge in [-0.05, 0) is 30.5 Å². The zero-order valence-electron chi connectivity index (χ0n) is 13.6. The molecule has 0 aromatic carbocycles. The summed E-state index contributed by atoms with van der Waals surface area (Å²) >= 11 is 1.61. The maximum atomic E-state index is 5.87. The van der Waals surface area contributed by atoms with Crippen molar-refractivity contribution >= 4 is 11.3 Å². The van der Waals surface area contributed by atoms with Crippen molar-refractivity contribution in [2.45, 2.75) is 19.5 Å². The van der Waals surface area contributed by atoms with E-state index in [0.29, 0.717) is 11.8 Å². The first kappa shape index (κ1) is 15.6. The van der Waals surface area contributed by atoms with Gasteiger partial charge in [0.1, 0.15) is 5.76 Å². The quantitative estimate of drug-likeness (QED) is 0.708. The molecule has 0 radical (unpaired) electrons. The van der Waals surface area contributed by atoms with Gasteiger partial charge in [0.15, 0.2) is 0 Å². The average Bonchev–Trinajstić information content (AvgIpc) is 3.36. The van der Waals surface area contributed by atoms with Crippen LogP contribution in [0.3, 0.4) is 0 Å². The standard InChI is InChI=1S/C17H20N4O2S/c1-13(16-18-19-17(23-16)15-5-3-11-24-15)21-8-6-20(7-9-21)12-14-4-2-10-22-14/h2-5,10-11,13H,6-9,12H2,1H3. The molecule has 0 bridgehead atoms. The van der Waals surface area contributed by atoms with Crippen LogP contribution in [0.4, 0.5) is 0 Å². The number of nitrogens with zero attached hydrogens (tertiary/aromatic N) is 4. The van der Waals surface area contributed by atoms with E-state index in [4.69, 9.17) is 8.83 Å². The Morgan fingerprint density at radius 1 is 1.17 bits per heavy atom. The molecule has 126 valence electrons. The van der Waals surface area contributed by atoms with E-state index in [1.807, 2.05) is 29.6 Å². The first-order valence-corrected chi connectivity index (χ1v) is 9.03. The van der Waals surface area contributed by atoms with E-state index in [-0.39, 0.29) is 6.04 Å². The van der Waals surface area contributed by atoms with Crippen LogP contribution in [-0.4, -0.2) is 46.2 Å². The molecule has 1 aliphatic heterocycles. The topological polar surface area (TPSA) is 58.5 Å². The first-order valence-electron chi connectivity index (χ1n) is 8.15. The van der Waals surface area contributed by atoms with Crippen molar-refractivity contribution in [3.05, 3.63) is 47.6 Å². The molecule has 0 saturated carbocycles. The second-order valence-corrected chi connectivity index (χ2v) is 6.94. The van der Waals surface area contributed by atoms with Crippen LogP contribution in [-0.2, 0) is 6.54 Å². The molecule has 1 atom stereocenters. The molecule has 4 heterocycles. The highest BCUT2D eigenvalue weighted by Crippen LogP contribution is 2.27. The monoisotopic (exact) mass is 344 g/mol. The van der Waals surface area contributed by atoms with E-state index in [9.17, 15) is 0 Å². The van der Waals surface area contributed by atoms with Gasteiger partial charge in [0.2, 0.25) is 5.89 Å². The lowest BCUT2D eigenvalue weighted by Crippen LogP contribution is -2.46. The first-order chi connectivity index (χ1) is 11.8. The van der Waals surface area contributed by atoms with Crippen molar-refractivity contribution in [1.29, 1.82) is 0 Å². The van der Waals surface area contributed by atoms with Gasteiger partial charge in [0.05, 0.1) is 23.7 Å². The van der Waals surface area contributed by atoms with Crippen LogP contribution in [0, 0.1) is 0 Å². The van der Waals surface area contributed by atoms with Crippen LogP contribution in [0.15, 0.2) is 44.7 Å². The second kappa shape index (κ2) is 6.88. The number of piperazine rings is 1. The van der Waals surface area contributed by atoms with Crippen molar-refractivity contribution in [2.75, 3.05) is 26.2 Å². The lowest BCUT2D eigenvalue weighted by molar-refractivity contribution is 0.0837. The molecule has 0 spiro atoms. The molecule has 7 heteroatoms. The van der Waals surface area contributed by atoms with Gasteiger partial charge in [-0.3, -0.25) is 9.80 Å². The second-order valence-electron chi connectivity index (χ2n) is 5.99. The Balaban J connectivity index is 1.35. The summed E-state index contributed by atoms with van der Waals surface area (Å²) in [6.07, 6.45) is 1.73. The lowest BCUT2D eigenvalue weighted by Gasteiger charge is -2.36. The Kier molecular flexibility index (Phi) is 4.46. The summed E-state index contributed by atoms with van der Waals surface area (Å²) in [6, 6.07) is 8.09. The van der Waals surface area contributed by atoms with Crippen molar-refractivity contribution in [3.8, 4) is 10.8 Å². The Bertz CT molecular complexity index is 746. The van der Waals surface area contributed by atoms with Crippen molar-refractivity contribution < 1.29 is 8.83 Å². The van der Waals surface area contributed by atoms with Gasteiger partial charge in [-0.25, -0.2) is 0 Å². The smallest absolute Gasteiger partial charge is 0.257 e. The molecule has 1 fully saturated rings. The summed E-state index contributed by atoms with van der Waals surface area (Å²) in [6.45, 7) is 7.00. The van der Waals surface area contributed by atoms with Gasteiger partial charge < -0.3 is 8.83 Å². The molecule has 1 saturated heterocycles. The predicted octanol–water partition coefficient (Wildman–Crippen LogP) is 3.27. The number of rotatable bonds is 5. The highest BCUT2D eigenvalue weighted by atomic mass is 32.1. The van der Waals surface area contributed by atoms with Crippen molar-refractivity contribution in [3.63, 3.8) is 0 Å². The Hall–Kier alpha value is -1.96. The highest BCUT2D eigenvalue weighted by molar-refractivity contribution is 7.13. The molecule has 3 aromatic rings. The largest absolute Gasteiger partial charge is 0.468 e. The van der Waals surface area contributed by atoms with Crippen LogP contribution in [0.25, 0.3) is 10.8 Å². The molecule has 0 aliphatic carbocycles. The maximum absolute atomic E-state index is 5.87. The van der Waals surface area contributed by atoms with Gasteiger partial charge in [-0.2, -0.15) is 0 Å². The minimum Gasteiger partial charge on any atom is -0.468 e. The van der Waals surface area contributed by atoms with E-state index in [2.05, 4.69) is 26.9 Å². The molecular weight excluding hydrogens is 324 g/mol. The summed E-state index contributed by atoms with van der Waals surface area (Å²) in [5, 5.41) is 10.4. The number of thiophene rings is 1. The lowest BCUT2D eigenvalue weighted by atomic mass is 10.2. The number of hydrogen-bond acceptors (Lipinski definition) is 7. The van der Waals surface area contributed by atoms with Gasteiger partial charge in [0, 0.05) is 26.2 Å². The molecule has 1 unspecified atom stereocenters. The third-order valence-corrected chi connectivity index (χ3v) is 5.30. The van der Waals surface area contributed by atoms with Crippen LogP contribution < -0.4 is 0 Å². The van der Waals surface area contributed by atoms with Gasteiger partial charge in [0.25, 0.3) is 5.89 Å². The summed E-state index contributed by atoms with van der Waals surface area (Å²) in [7, 11) is 0. The van der Waals surface area contributed by atoms with E-state index in [1.165, 1.54) is 0 Å². The van der Waals surface area contributed by atoms with Gasteiger partial charge in [-0.15, -0.1) is 21.5 Å². The fourth-order valence-corrected chi connectivity index (χ4v) is 3.64. The van der Waals surface area contributed by atoms with Crippen LogP contribution in [0.5, 0.6) is 0 Å². The Morgan fingerprint density at radius 2 is 2.04 bits per heavy atom. The van der Waals surface area contributed by atoms with E-state index in [1.54, 1.807) is 17.6 Å². The molecule has 24 heavy (non-hydrogen) atoms. The van der Waals surface area contributed by atoms with Crippen molar-refractivity contribution in [2.24, 2.45) is 0 Å². The molecule has 4 rings (SSSR count). The molecule has 3 aromatic heterocycles. The zero-order valence-corrected chi connectivity index (χ0v) is 14.4. The van der Waals surface area contributed by atoms with E-state index < -0.39 is 0 Å². The molecule has 6 nitrogen and oxygen atoms in total. The average molecular weight is 344 g/mol. The molecular formula is C17H20N4O2S. The number of furan rings is 1. The third-order valence-electron chi connectivity index (χ3n) is 4.44. The SMILES string of the molecule is CC(c1nnc(-c2cccs2)o1)N1CCN(Cc2ccco2)CC1. The minimum absolute atomic E-state index is 0.136. The summed E-state index contributed by atoms with van der Waals surface area (Å²) in [5.41, 5.74) is 0. The van der Waals surface area contributed by atoms with E-state index in [0.717, 1.165) is 43.4 Å². The fraction of sp³-hybridized carbons (Fsp3) is 0.412. The molecule has 0 N–H and O–H groups in total. The zero-order chi connectivity index (χ0) is 16.4. The summed E-state index contributed by atoms with van der Waals surface area (Å²) in [5.74, 6) is 2.33. The number of hydrogen-bond donors (Lipinski definition) is 0. The normalized spacial score (nSPS) is 18.0. The predicted molar refractivity (Wildman–Crippen MR) is 91.6 cm³/mol. The Labute approximate surface area is 144 Å². The maximum Gasteiger partial charge on any atom is 0.257 e. The van der Waals surface area contributed by atoms with Crippen LogP contribution in [0.2, 0.25) is 0 Å².